The van der Waals surface area contributed by atoms with Gasteiger partial charge in [-0.1, -0.05) is 0 Å². The highest BCUT2D eigenvalue weighted by Gasteiger charge is 2.19. The van der Waals surface area contributed by atoms with Crippen molar-refractivity contribution in [2.24, 2.45) is 0 Å². The smallest absolute Gasteiger partial charge is 0.200 e. The van der Waals surface area contributed by atoms with Crippen LogP contribution in [0.3, 0.4) is 0 Å². The van der Waals surface area contributed by atoms with E-state index < -0.39 is 0 Å². The third kappa shape index (κ3) is 2.13. The van der Waals surface area contributed by atoms with Crippen LogP contribution in [0.1, 0.15) is 19.8 Å². The van der Waals surface area contributed by atoms with Crippen LogP contribution in [0.2, 0.25) is 0 Å². The second kappa shape index (κ2) is 4.85. The van der Waals surface area contributed by atoms with Crippen LogP contribution >= 0.6 is 0 Å². The van der Waals surface area contributed by atoms with Gasteiger partial charge in [-0.15, -0.1) is 14.8 Å². The van der Waals surface area contributed by atoms with Crippen LogP contribution in [-0.2, 0) is 4.74 Å². The molecule has 0 saturated carbocycles. The fraction of sp³-hybridized carbons (Fsp3) is 0.636. The molecule has 0 aromatic carbocycles. The normalized spacial score (nSPS) is 19.5. The van der Waals surface area contributed by atoms with Gasteiger partial charge in [0.1, 0.15) is 0 Å². The Hall–Kier alpha value is -1.76. The summed E-state index contributed by atoms with van der Waals surface area (Å²) in [7, 11) is 0. The summed E-state index contributed by atoms with van der Waals surface area (Å²) in [6.45, 7) is 4.75. The van der Waals surface area contributed by atoms with E-state index in [0.717, 1.165) is 38.4 Å². The first-order chi connectivity index (χ1) is 8.86. The zero-order chi connectivity index (χ0) is 12.4. The van der Waals surface area contributed by atoms with E-state index in [1.807, 2.05) is 12.1 Å². The summed E-state index contributed by atoms with van der Waals surface area (Å²) in [6.07, 6.45) is 2.60. The zero-order valence-electron chi connectivity index (χ0n) is 10.4. The van der Waals surface area contributed by atoms with E-state index in [-0.39, 0.29) is 0 Å². The van der Waals surface area contributed by atoms with Crippen molar-refractivity contribution in [3.8, 4) is 0 Å². The largest absolute Gasteiger partial charge is 0.376 e. The van der Waals surface area contributed by atoms with Crippen molar-refractivity contribution in [2.75, 3.05) is 24.6 Å². The van der Waals surface area contributed by atoms with E-state index in [1.54, 1.807) is 0 Å². The van der Waals surface area contributed by atoms with Crippen molar-refractivity contribution in [3.63, 3.8) is 0 Å². The molecule has 3 rings (SSSR count). The standard InChI is InChI=1S/C11H16N6O/c1-2-16(8-9-4-3-7-18-9)11-6-5-10-12-14-15-17(10)13-11/h5-6,9H,2-4,7-8H2,1H3. The molecule has 0 N–H and O–H groups in total. The van der Waals surface area contributed by atoms with Crippen LogP contribution in [0.25, 0.3) is 5.65 Å². The van der Waals surface area contributed by atoms with Crippen molar-refractivity contribution < 1.29 is 4.74 Å². The van der Waals surface area contributed by atoms with Gasteiger partial charge in [0, 0.05) is 19.7 Å². The van der Waals surface area contributed by atoms with E-state index in [1.165, 1.54) is 4.63 Å². The minimum Gasteiger partial charge on any atom is -0.376 e. The van der Waals surface area contributed by atoms with E-state index in [2.05, 4.69) is 32.4 Å². The first-order valence-electron chi connectivity index (χ1n) is 6.29. The Bertz CT molecular complexity index is 521. The molecule has 7 nitrogen and oxygen atoms in total. The fourth-order valence-corrected chi connectivity index (χ4v) is 2.23. The van der Waals surface area contributed by atoms with E-state index >= 15 is 0 Å². The van der Waals surface area contributed by atoms with Crippen molar-refractivity contribution in [2.45, 2.75) is 25.9 Å². The molecule has 2 aromatic heterocycles. The molecule has 1 unspecified atom stereocenters. The third-order valence-electron chi connectivity index (χ3n) is 3.21. The molecule has 0 radical (unpaired) electrons. The quantitative estimate of drug-likeness (QED) is 0.786. The molecular weight excluding hydrogens is 232 g/mol. The Balaban J connectivity index is 1.80. The highest BCUT2D eigenvalue weighted by atomic mass is 16.5. The summed E-state index contributed by atoms with van der Waals surface area (Å²) in [5, 5.41) is 15.6. The molecule has 1 atom stereocenters. The van der Waals surface area contributed by atoms with Gasteiger partial charge in [-0.25, -0.2) is 0 Å². The minimum absolute atomic E-state index is 0.316. The Labute approximate surface area is 105 Å². The molecule has 2 aromatic rings. The molecule has 96 valence electrons. The molecule has 1 aliphatic rings. The van der Waals surface area contributed by atoms with Gasteiger partial charge in [-0.3, -0.25) is 0 Å². The lowest BCUT2D eigenvalue weighted by Crippen LogP contribution is -2.33. The molecule has 7 heteroatoms. The summed E-state index contributed by atoms with van der Waals surface area (Å²) in [4.78, 5) is 2.19. The predicted octanol–water partition coefficient (Wildman–Crippen LogP) is 0.525. The summed E-state index contributed by atoms with van der Waals surface area (Å²) < 4.78 is 7.11. The van der Waals surface area contributed by atoms with Crippen LogP contribution in [0.5, 0.6) is 0 Å². The minimum atomic E-state index is 0.316. The Morgan fingerprint density at radius 3 is 3.22 bits per heavy atom. The number of tetrazole rings is 1. The average Bonchev–Trinajstić information content (AvgIpc) is 3.06. The second-order valence-electron chi connectivity index (χ2n) is 4.39. The molecule has 1 fully saturated rings. The summed E-state index contributed by atoms with van der Waals surface area (Å²) in [6, 6.07) is 3.82. The number of anilines is 1. The van der Waals surface area contributed by atoms with Gasteiger partial charge in [0.2, 0.25) is 0 Å². The van der Waals surface area contributed by atoms with E-state index in [4.69, 9.17) is 4.74 Å². The molecular formula is C11H16N6O. The number of hydrogen-bond acceptors (Lipinski definition) is 6. The van der Waals surface area contributed by atoms with Crippen LogP contribution in [0.15, 0.2) is 12.1 Å². The van der Waals surface area contributed by atoms with Gasteiger partial charge in [0.05, 0.1) is 6.10 Å². The third-order valence-corrected chi connectivity index (χ3v) is 3.21. The predicted molar refractivity (Wildman–Crippen MR) is 65.4 cm³/mol. The van der Waals surface area contributed by atoms with Gasteiger partial charge in [-0.2, -0.15) is 0 Å². The van der Waals surface area contributed by atoms with Gasteiger partial charge in [0.25, 0.3) is 0 Å². The van der Waals surface area contributed by atoms with Gasteiger partial charge in [-0.05, 0) is 42.3 Å². The van der Waals surface area contributed by atoms with Crippen LogP contribution in [0, 0.1) is 0 Å². The first kappa shape index (κ1) is 11.3. The molecule has 1 aliphatic heterocycles. The van der Waals surface area contributed by atoms with Crippen LogP contribution < -0.4 is 4.90 Å². The van der Waals surface area contributed by atoms with Crippen molar-refractivity contribution in [1.29, 1.82) is 0 Å². The van der Waals surface area contributed by atoms with Crippen LogP contribution in [-0.4, -0.2) is 51.1 Å². The van der Waals surface area contributed by atoms with Crippen molar-refractivity contribution in [1.82, 2.24) is 25.3 Å². The second-order valence-corrected chi connectivity index (χ2v) is 4.39. The monoisotopic (exact) mass is 248 g/mol. The number of likely N-dealkylation sites (N-methyl/N-ethyl adjacent to an activating group) is 1. The number of ether oxygens (including phenoxy) is 1. The fourth-order valence-electron chi connectivity index (χ4n) is 2.23. The lowest BCUT2D eigenvalue weighted by Gasteiger charge is -2.24. The lowest BCUT2D eigenvalue weighted by molar-refractivity contribution is 0.115. The number of hydrogen-bond donors (Lipinski definition) is 0. The first-order valence-corrected chi connectivity index (χ1v) is 6.29. The summed E-state index contributed by atoms with van der Waals surface area (Å²) in [5.41, 5.74) is 0.659. The zero-order valence-corrected chi connectivity index (χ0v) is 10.4. The Kier molecular flexibility index (Phi) is 3.06. The van der Waals surface area contributed by atoms with Gasteiger partial charge in [0.15, 0.2) is 11.5 Å². The maximum Gasteiger partial charge on any atom is 0.200 e. The SMILES string of the molecule is CCN(CC1CCCO1)c1ccc2nnnn2n1. The number of fused-ring (bicyclic) bond motifs is 1. The molecule has 0 bridgehead atoms. The van der Waals surface area contributed by atoms with E-state index in [9.17, 15) is 0 Å². The Morgan fingerprint density at radius 2 is 2.44 bits per heavy atom. The average molecular weight is 248 g/mol. The molecule has 0 spiro atoms. The molecule has 18 heavy (non-hydrogen) atoms. The topological polar surface area (TPSA) is 68.4 Å². The van der Waals surface area contributed by atoms with Crippen molar-refractivity contribution >= 4 is 11.5 Å². The number of aromatic nitrogens is 5. The van der Waals surface area contributed by atoms with Gasteiger partial charge >= 0.3 is 0 Å². The number of nitrogens with zero attached hydrogens (tertiary/aromatic N) is 6. The molecule has 0 amide bonds. The van der Waals surface area contributed by atoms with Crippen molar-refractivity contribution in [3.05, 3.63) is 12.1 Å². The van der Waals surface area contributed by atoms with E-state index in [0.29, 0.717) is 11.8 Å². The molecule has 3 heterocycles. The maximum absolute atomic E-state index is 5.66. The number of rotatable bonds is 4. The highest BCUT2D eigenvalue weighted by molar-refractivity contribution is 5.44. The summed E-state index contributed by atoms with van der Waals surface area (Å²) >= 11 is 0. The lowest BCUT2D eigenvalue weighted by atomic mass is 10.2. The van der Waals surface area contributed by atoms with Gasteiger partial charge < -0.3 is 9.64 Å². The maximum atomic E-state index is 5.66. The summed E-state index contributed by atoms with van der Waals surface area (Å²) in [5.74, 6) is 0.882. The van der Waals surface area contributed by atoms with Crippen LogP contribution in [0.4, 0.5) is 5.82 Å². The Morgan fingerprint density at radius 1 is 1.50 bits per heavy atom. The molecule has 1 saturated heterocycles. The highest BCUT2D eigenvalue weighted by Crippen LogP contribution is 2.17. The molecule has 0 aliphatic carbocycles.